The molecule has 1 aliphatic rings. The first kappa shape index (κ1) is 13.9. The van der Waals surface area contributed by atoms with Gasteiger partial charge in [0, 0.05) is 11.6 Å². The molecule has 104 valence electrons. The summed E-state index contributed by atoms with van der Waals surface area (Å²) >= 11 is 0. The number of benzene rings is 1. The Labute approximate surface area is 115 Å². The molecule has 1 aromatic carbocycles. The second-order valence-corrected chi connectivity index (χ2v) is 6.09. The van der Waals surface area contributed by atoms with Crippen molar-refractivity contribution in [2.45, 2.75) is 46.1 Å². The highest BCUT2D eigenvalue weighted by molar-refractivity contribution is 5.94. The SMILES string of the molecule is Cc1cc(C(=O)NC2CC(C)CC(C)C2)ccc1O. The lowest BCUT2D eigenvalue weighted by atomic mass is 9.80. The van der Waals surface area contributed by atoms with E-state index in [1.165, 1.54) is 6.42 Å². The van der Waals surface area contributed by atoms with E-state index in [4.69, 9.17) is 0 Å². The van der Waals surface area contributed by atoms with Gasteiger partial charge >= 0.3 is 0 Å². The Kier molecular flexibility index (Phi) is 4.13. The second-order valence-electron chi connectivity index (χ2n) is 6.09. The zero-order valence-corrected chi connectivity index (χ0v) is 11.9. The number of hydrogen-bond donors (Lipinski definition) is 2. The fraction of sp³-hybridized carbons (Fsp3) is 0.562. The third-order valence-electron chi connectivity index (χ3n) is 3.97. The minimum absolute atomic E-state index is 0.0330. The number of phenols is 1. The number of aryl methyl sites for hydroxylation is 1. The van der Waals surface area contributed by atoms with Crippen molar-refractivity contribution in [3.63, 3.8) is 0 Å². The average molecular weight is 261 g/mol. The molecule has 0 heterocycles. The molecule has 2 unspecified atom stereocenters. The average Bonchev–Trinajstić information content (AvgIpc) is 2.31. The summed E-state index contributed by atoms with van der Waals surface area (Å²) in [7, 11) is 0. The van der Waals surface area contributed by atoms with Crippen LogP contribution in [0.1, 0.15) is 49.0 Å². The fourth-order valence-corrected chi connectivity index (χ4v) is 3.13. The third-order valence-corrected chi connectivity index (χ3v) is 3.97. The maximum Gasteiger partial charge on any atom is 0.251 e. The highest BCUT2D eigenvalue weighted by Gasteiger charge is 2.25. The quantitative estimate of drug-likeness (QED) is 0.858. The summed E-state index contributed by atoms with van der Waals surface area (Å²) in [5.74, 6) is 1.55. The lowest BCUT2D eigenvalue weighted by Crippen LogP contribution is -2.40. The minimum Gasteiger partial charge on any atom is -0.508 e. The van der Waals surface area contributed by atoms with E-state index in [-0.39, 0.29) is 17.7 Å². The molecule has 0 spiro atoms. The van der Waals surface area contributed by atoms with Gasteiger partial charge < -0.3 is 10.4 Å². The van der Waals surface area contributed by atoms with Crippen LogP contribution in [0, 0.1) is 18.8 Å². The van der Waals surface area contributed by atoms with Crippen LogP contribution in [-0.2, 0) is 0 Å². The lowest BCUT2D eigenvalue weighted by Gasteiger charge is -2.32. The molecular formula is C16H23NO2. The van der Waals surface area contributed by atoms with Gasteiger partial charge in [-0.3, -0.25) is 4.79 Å². The number of aromatic hydroxyl groups is 1. The van der Waals surface area contributed by atoms with E-state index in [1.807, 2.05) is 0 Å². The molecule has 3 nitrogen and oxygen atoms in total. The smallest absolute Gasteiger partial charge is 0.251 e. The molecule has 19 heavy (non-hydrogen) atoms. The molecule has 3 heteroatoms. The molecule has 0 aromatic heterocycles. The highest BCUT2D eigenvalue weighted by atomic mass is 16.3. The molecule has 1 saturated carbocycles. The summed E-state index contributed by atoms with van der Waals surface area (Å²) in [6.45, 7) is 6.30. The van der Waals surface area contributed by atoms with E-state index in [9.17, 15) is 9.90 Å². The molecule has 1 fully saturated rings. The number of phenolic OH excluding ortho intramolecular Hbond substituents is 1. The summed E-state index contributed by atoms with van der Waals surface area (Å²) in [4.78, 5) is 12.2. The molecule has 1 aliphatic carbocycles. The van der Waals surface area contributed by atoms with Gasteiger partial charge in [-0.15, -0.1) is 0 Å². The number of carbonyl (C=O) groups excluding carboxylic acids is 1. The number of carbonyl (C=O) groups is 1. The molecule has 0 aliphatic heterocycles. The first-order valence-corrected chi connectivity index (χ1v) is 7.06. The number of nitrogens with one attached hydrogen (secondary N) is 1. The summed E-state index contributed by atoms with van der Waals surface area (Å²) in [6.07, 6.45) is 3.38. The predicted octanol–water partition coefficient (Wildman–Crippen LogP) is 3.26. The topological polar surface area (TPSA) is 49.3 Å². The summed E-state index contributed by atoms with van der Waals surface area (Å²) in [6, 6.07) is 5.27. The molecule has 2 atom stereocenters. The first-order chi connectivity index (χ1) is 8.95. The second kappa shape index (κ2) is 5.64. The van der Waals surface area contributed by atoms with Crippen LogP contribution in [-0.4, -0.2) is 17.1 Å². The van der Waals surface area contributed by atoms with Crippen molar-refractivity contribution in [3.05, 3.63) is 29.3 Å². The van der Waals surface area contributed by atoms with Crippen LogP contribution < -0.4 is 5.32 Å². The molecular weight excluding hydrogens is 238 g/mol. The van der Waals surface area contributed by atoms with Crippen molar-refractivity contribution in [2.75, 3.05) is 0 Å². The van der Waals surface area contributed by atoms with Gasteiger partial charge in [0.2, 0.25) is 0 Å². The van der Waals surface area contributed by atoms with Crippen LogP contribution in [0.5, 0.6) is 5.75 Å². The van der Waals surface area contributed by atoms with Gasteiger partial charge in [-0.1, -0.05) is 13.8 Å². The Morgan fingerprint density at radius 3 is 2.42 bits per heavy atom. The van der Waals surface area contributed by atoms with E-state index in [2.05, 4.69) is 19.2 Å². The Balaban J connectivity index is 2.02. The van der Waals surface area contributed by atoms with Crippen LogP contribution in [0.2, 0.25) is 0 Å². The Morgan fingerprint density at radius 1 is 1.21 bits per heavy atom. The van der Waals surface area contributed by atoms with Crippen molar-refractivity contribution in [2.24, 2.45) is 11.8 Å². The predicted molar refractivity (Wildman–Crippen MR) is 76.3 cm³/mol. The van der Waals surface area contributed by atoms with Crippen LogP contribution in [0.3, 0.4) is 0 Å². The Morgan fingerprint density at radius 2 is 1.84 bits per heavy atom. The van der Waals surface area contributed by atoms with Crippen molar-refractivity contribution in [3.8, 4) is 5.75 Å². The maximum atomic E-state index is 12.2. The van der Waals surface area contributed by atoms with E-state index in [1.54, 1.807) is 25.1 Å². The monoisotopic (exact) mass is 261 g/mol. The highest BCUT2D eigenvalue weighted by Crippen LogP contribution is 2.28. The maximum absolute atomic E-state index is 12.2. The van der Waals surface area contributed by atoms with Crippen LogP contribution in [0.4, 0.5) is 0 Å². The van der Waals surface area contributed by atoms with Gasteiger partial charge in [-0.2, -0.15) is 0 Å². The van der Waals surface area contributed by atoms with Gasteiger partial charge in [-0.25, -0.2) is 0 Å². The molecule has 0 bridgehead atoms. The molecule has 2 rings (SSSR count). The van der Waals surface area contributed by atoms with Gasteiger partial charge in [0.05, 0.1) is 0 Å². The van der Waals surface area contributed by atoms with Gasteiger partial charge in [0.25, 0.3) is 5.91 Å². The summed E-state index contributed by atoms with van der Waals surface area (Å²) in [5.41, 5.74) is 1.36. The lowest BCUT2D eigenvalue weighted by molar-refractivity contribution is 0.0911. The Hall–Kier alpha value is -1.51. The van der Waals surface area contributed by atoms with E-state index in [0.717, 1.165) is 18.4 Å². The van der Waals surface area contributed by atoms with E-state index in [0.29, 0.717) is 17.4 Å². The van der Waals surface area contributed by atoms with Crippen LogP contribution >= 0.6 is 0 Å². The number of rotatable bonds is 2. The minimum atomic E-state index is -0.0330. The Bertz CT molecular complexity index is 460. The van der Waals surface area contributed by atoms with Crippen molar-refractivity contribution < 1.29 is 9.90 Å². The van der Waals surface area contributed by atoms with Crippen molar-refractivity contribution in [1.82, 2.24) is 5.32 Å². The largest absolute Gasteiger partial charge is 0.508 e. The van der Waals surface area contributed by atoms with Crippen molar-refractivity contribution >= 4 is 5.91 Å². The molecule has 2 N–H and O–H groups in total. The third kappa shape index (κ3) is 3.49. The van der Waals surface area contributed by atoms with Crippen LogP contribution in [0.25, 0.3) is 0 Å². The van der Waals surface area contributed by atoms with Gasteiger partial charge in [0.1, 0.15) is 5.75 Å². The number of hydrogen-bond acceptors (Lipinski definition) is 2. The summed E-state index contributed by atoms with van der Waals surface area (Å²) in [5, 5.41) is 12.6. The zero-order chi connectivity index (χ0) is 14.0. The standard InChI is InChI=1S/C16H23NO2/c1-10-6-11(2)8-14(7-10)17-16(19)13-4-5-15(18)12(3)9-13/h4-5,9-11,14,18H,6-8H2,1-3H3,(H,17,19). The summed E-state index contributed by atoms with van der Waals surface area (Å²) < 4.78 is 0. The molecule has 1 amide bonds. The van der Waals surface area contributed by atoms with Gasteiger partial charge in [-0.05, 0) is 61.8 Å². The zero-order valence-electron chi connectivity index (χ0n) is 11.9. The molecule has 0 radical (unpaired) electrons. The van der Waals surface area contributed by atoms with E-state index >= 15 is 0 Å². The first-order valence-electron chi connectivity index (χ1n) is 7.06. The molecule has 1 aromatic rings. The normalized spacial score (nSPS) is 27.0. The number of amides is 1. The van der Waals surface area contributed by atoms with Gasteiger partial charge in [0.15, 0.2) is 0 Å². The van der Waals surface area contributed by atoms with Crippen LogP contribution in [0.15, 0.2) is 18.2 Å². The molecule has 0 saturated heterocycles. The van der Waals surface area contributed by atoms with Crippen molar-refractivity contribution in [1.29, 1.82) is 0 Å². The fourth-order valence-electron chi connectivity index (χ4n) is 3.13. The van der Waals surface area contributed by atoms with E-state index < -0.39 is 0 Å².